The van der Waals surface area contributed by atoms with Crippen LogP contribution in [0.4, 0.5) is 13.2 Å². The molecule has 2 aromatic rings. The minimum atomic E-state index is -4.36. The van der Waals surface area contributed by atoms with Gasteiger partial charge in [0.05, 0.1) is 22.5 Å². The van der Waals surface area contributed by atoms with Crippen LogP contribution in [0.15, 0.2) is 52.4 Å². The summed E-state index contributed by atoms with van der Waals surface area (Å²) in [5.74, 6) is 0.738. The maximum atomic E-state index is 13.3. The molecule has 6 nitrogen and oxygen atoms in total. The number of alkyl halides is 3. The molecule has 0 bridgehead atoms. The third-order valence-electron chi connectivity index (χ3n) is 6.58. The van der Waals surface area contributed by atoms with Crippen molar-refractivity contribution in [2.45, 2.75) is 49.8 Å². The molecule has 0 aromatic heterocycles. The number of nitrogens with zero attached hydrogens (tertiary/aromatic N) is 2. The van der Waals surface area contributed by atoms with E-state index < -0.39 is 27.3 Å². The molecule has 34 heavy (non-hydrogen) atoms. The Morgan fingerprint density at radius 2 is 1.76 bits per heavy atom. The zero-order valence-corrected chi connectivity index (χ0v) is 20.1. The second-order valence-corrected chi connectivity index (χ2v) is 10.9. The van der Waals surface area contributed by atoms with Gasteiger partial charge >= 0.3 is 6.18 Å². The van der Waals surface area contributed by atoms with E-state index in [1.165, 1.54) is 16.4 Å². The van der Waals surface area contributed by atoms with Gasteiger partial charge in [0.2, 0.25) is 10.0 Å². The van der Waals surface area contributed by atoms with Gasteiger partial charge in [-0.05, 0) is 61.6 Å². The number of piperidine rings is 1. The average Bonchev–Trinajstić information content (AvgIpc) is 2.80. The van der Waals surface area contributed by atoms with E-state index in [0.717, 1.165) is 29.1 Å². The molecule has 1 saturated heterocycles. The van der Waals surface area contributed by atoms with Crippen LogP contribution in [0.5, 0.6) is 0 Å². The standard InChI is InChI=1S/C24H29F3N4O2S/c1-17-3-4-18(2)21(15-17)34(32,33)31-13-9-23(10-14-31)22(28-11-12-30-23)29-16-19-5-7-20(8-6-19)24(25,26)27/h3-8,15,30H,9-14,16H2,1-2H3,(H,28,29). The highest BCUT2D eigenvalue weighted by Crippen LogP contribution is 2.31. The third kappa shape index (κ3) is 4.99. The molecule has 2 aromatic carbocycles. The summed E-state index contributed by atoms with van der Waals surface area (Å²) in [6, 6.07) is 10.5. The number of rotatable bonds is 4. The Kier molecular flexibility index (Phi) is 6.76. The van der Waals surface area contributed by atoms with Crippen LogP contribution in [0.1, 0.15) is 35.1 Å². The summed E-state index contributed by atoms with van der Waals surface area (Å²) in [6.07, 6.45) is -3.26. The first-order valence-corrected chi connectivity index (χ1v) is 12.7. The van der Waals surface area contributed by atoms with E-state index in [1.54, 1.807) is 13.0 Å². The minimum Gasteiger partial charge on any atom is -0.368 e. The second kappa shape index (κ2) is 9.31. The molecule has 2 aliphatic rings. The van der Waals surface area contributed by atoms with Gasteiger partial charge in [-0.15, -0.1) is 0 Å². The van der Waals surface area contributed by atoms with Gasteiger partial charge in [-0.25, -0.2) is 8.42 Å². The number of aliphatic imine (C=N–C) groups is 1. The van der Waals surface area contributed by atoms with Gasteiger partial charge in [0, 0.05) is 26.2 Å². The summed E-state index contributed by atoms with van der Waals surface area (Å²) >= 11 is 0. The van der Waals surface area contributed by atoms with Crippen molar-refractivity contribution >= 4 is 15.9 Å². The third-order valence-corrected chi connectivity index (χ3v) is 8.62. The Balaban J connectivity index is 1.45. The molecule has 2 heterocycles. The lowest BCUT2D eigenvalue weighted by molar-refractivity contribution is -0.137. The van der Waals surface area contributed by atoms with Crippen molar-refractivity contribution in [1.29, 1.82) is 0 Å². The molecule has 1 spiro atoms. The number of hydrogen-bond donors (Lipinski definition) is 2. The fourth-order valence-electron chi connectivity index (χ4n) is 4.57. The summed E-state index contributed by atoms with van der Waals surface area (Å²) in [6.45, 7) is 5.99. The van der Waals surface area contributed by atoms with E-state index in [2.05, 4.69) is 15.6 Å². The lowest BCUT2D eigenvalue weighted by Gasteiger charge is -2.44. The Morgan fingerprint density at radius 3 is 2.41 bits per heavy atom. The average molecular weight is 495 g/mol. The normalized spacial score (nSPS) is 19.1. The van der Waals surface area contributed by atoms with Crippen molar-refractivity contribution in [2.24, 2.45) is 4.99 Å². The summed E-state index contributed by atoms with van der Waals surface area (Å²) in [5.41, 5.74) is 1.18. The monoisotopic (exact) mass is 494 g/mol. The van der Waals surface area contributed by atoms with Crippen molar-refractivity contribution in [3.8, 4) is 0 Å². The summed E-state index contributed by atoms with van der Waals surface area (Å²) < 4.78 is 66.6. The molecule has 184 valence electrons. The first-order chi connectivity index (χ1) is 16.0. The van der Waals surface area contributed by atoms with Gasteiger partial charge in [0.25, 0.3) is 0 Å². The number of halogens is 3. The lowest BCUT2D eigenvalue weighted by atomic mass is 9.85. The van der Waals surface area contributed by atoms with Crippen LogP contribution in [-0.4, -0.2) is 50.3 Å². The maximum absolute atomic E-state index is 13.3. The molecule has 1 fully saturated rings. The molecule has 0 atom stereocenters. The highest BCUT2D eigenvalue weighted by atomic mass is 32.2. The number of nitrogens with one attached hydrogen (secondary N) is 2. The van der Waals surface area contributed by atoms with Gasteiger partial charge in [0.1, 0.15) is 5.84 Å². The molecule has 2 N–H and O–H groups in total. The largest absolute Gasteiger partial charge is 0.416 e. The van der Waals surface area contributed by atoms with Gasteiger partial charge in [-0.1, -0.05) is 24.3 Å². The molecule has 2 aliphatic heterocycles. The van der Waals surface area contributed by atoms with Gasteiger partial charge in [-0.2, -0.15) is 17.5 Å². The van der Waals surface area contributed by atoms with Crippen LogP contribution in [0.25, 0.3) is 0 Å². The van der Waals surface area contributed by atoms with E-state index >= 15 is 0 Å². The van der Waals surface area contributed by atoms with E-state index in [-0.39, 0.29) is 0 Å². The molecule has 0 unspecified atom stereocenters. The topological polar surface area (TPSA) is 73.8 Å². The second-order valence-electron chi connectivity index (χ2n) is 8.96. The summed E-state index contributed by atoms with van der Waals surface area (Å²) in [5, 5.41) is 6.82. The lowest BCUT2D eigenvalue weighted by Crippen LogP contribution is -2.64. The van der Waals surface area contributed by atoms with Gasteiger partial charge in [-0.3, -0.25) is 4.99 Å². The van der Waals surface area contributed by atoms with Crippen molar-refractivity contribution in [2.75, 3.05) is 26.2 Å². The highest BCUT2D eigenvalue weighted by Gasteiger charge is 2.43. The van der Waals surface area contributed by atoms with Crippen molar-refractivity contribution in [1.82, 2.24) is 14.9 Å². The predicted octanol–water partition coefficient (Wildman–Crippen LogP) is 3.64. The van der Waals surface area contributed by atoms with Crippen LogP contribution in [0.3, 0.4) is 0 Å². The van der Waals surface area contributed by atoms with Crippen LogP contribution >= 0.6 is 0 Å². The van der Waals surface area contributed by atoms with E-state index in [1.807, 2.05) is 19.1 Å². The number of amidine groups is 1. The Labute approximate surface area is 198 Å². The van der Waals surface area contributed by atoms with Crippen molar-refractivity contribution < 1.29 is 21.6 Å². The van der Waals surface area contributed by atoms with Crippen molar-refractivity contribution in [3.63, 3.8) is 0 Å². The number of aryl methyl sites for hydroxylation is 2. The Bertz CT molecular complexity index is 1170. The molecular formula is C24H29F3N4O2S. The Hall–Kier alpha value is -2.43. The Morgan fingerprint density at radius 1 is 1.09 bits per heavy atom. The SMILES string of the molecule is Cc1ccc(C)c(S(=O)(=O)N2CCC3(CC2)NCCN=C3NCc2ccc(C(F)(F)F)cc2)c1. The van der Waals surface area contributed by atoms with E-state index in [9.17, 15) is 21.6 Å². The van der Waals surface area contributed by atoms with Crippen LogP contribution < -0.4 is 10.6 Å². The van der Waals surface area contributed by atoms with Gasteiger partial charge in [0.15, 0.2) is 0 Å². The van der Waals surface area contributed by atoms with Crippen LogP contribution in [-0.2, 0) is 22.7 Å². The molecule has 0 amide bonds. The van der Waals surface area contributed by atoms with Crippen LogP contribution in [0.2, 0.25) is 0 Å². The molecular weight excluding hydrogens is 465 g/mol. The highest BCUT2D eigenvalue weighted by molar-refractivity contribution is 7.89. The fourth-order valence-corrected chi connectivity index (χ4v) is 6.32. The summed E-state index contributed by atoms with van der Waals surface area (Å²) in [7, 11) is -3.61. The first kappa shape index (κ1) is 24.7. The molecule has 0 radical (unpaired) electrons. The zero-order chi connectivity index (χ0) is 24.6. The maximum Gasteiger partial charge on any atom is 0.416 e. The smallest absolute Gasteiger partial charge is 0.368 e. The number of benzene rings is 2. The quantitative estimate of drug-likeness (QED) is 0.681. The number of hydrogen-bond acceptors (Lipinski definition) is 5. The van der Waals surface area contributed by atoms with Crippen molar-refractivity contribution in [3.05, 3.63) is 64.7 Å². The number of sulfonamides is 1. The molecule has 10 heteroatoms. The van der Waals surface area contributed by atoms with E-state index in [4.69, 9.17) is 0 Å². The minimum absolute atomic E-state index is 0.338. The molecule has 0 aliphatic carbocycles. The summed E-state index contributed by atoms with van der Waals surface area (Å²) in [4.78, 5) is 4.99. The van der Waals surface area contributed by atoms with E-state index in [0.29, 0.717) is 56.0 Å². The van der Waals surface area contributed by atoms with Crippen LogP contribution in [0, 0.1) is 13.8 Å². The molecule has 0 saturated carbocycles. The predicted molar refractivity (Wildman–Crippen MR) is 125 cm³/mol. The fraction of sp³-hybridized carbons (Fsp3) is 0.458. The molecule has 4 rings (SSSR count). The van der Waals surface area contributed by atoms with Gasteiger partial charge < -0.3 is 10.6 Å². The first-order valence-electron chi connectivity index (χ1n) is 11.3. The zero-order valence-electron chi connectivity index (χ0n) is 19.2.